The van der Waals surface area contributed by atoms with Gasteiger partial charge in [0, 0.05) is 15.4 Å². The lowest BCUT2D eigenvalue weighted by Gasteiger charge is -2.11. The SMILES string of the molecule is O=C(C1=COCCC1)c1cc(Br)cs1. The van der Waals surface area contributed by atoms with E-state index in [-0.39, 0.29) is 5.78 Å². The zero-order valence-electron chi connectivity index (χ0n) is 7.46. The lowest BCUT2D eigenvalue weighted by molar-refractivity contribution is 0.101. The third kappa shape index (κ3) is 2.07. The van der Waals surface area contributed by atoms with Crippen molar-refractivity contribution in [3.63, 3.8) is 0 Å². The number of ketones is 1. The van der Waals surface area contributed by atoms with Crippen molar-refractivity contribution >= 4 is 33.0 Å². The van der Waals surface area contributed by atoms with Crippen molar-refractivity contribution in [2.24, 2.45) is 0 Å². The Morgan fingerprint density at radius 1 is 1.57 bits per heavy atom. The van der Waals surface area contributed by atoms with Gasteiger partial charge in [0.05, 0.1) is 17.7 Å². The molecule has 4 heteroatoms. The van der Waals surface area contributed by atoms with Crippen molar-refractivity contribution in [1.29, 1.82) is 0 Å². The highest BCUT2D eigenvalue weighted by Gasteiger charge is 2.16. The molecular weight excluding hydrogens is 264 g/mol. The van der Waals surface area contributed by atoms with Crippen LogP contribution in [0, 0.1) is 0 Å². The minimum absolute atomic E-state index is 0.0976. The first-order valence-corrected chi connectivity index (χ1v) is 6.04. The second-order valence-corrected chi connectivity index (χ2v) is 4.90. The first kappa shape index (κ1) is 9.93. The number of halogens is 1. The van der Waals surface area contributed by atoms with Gasteiger partial charge in [0.2, 0.25) is 5.78 Å². The van der Waals surface area contributed by atoms with Crippen molar-refractivity contribution in [3.05, 3.63) is 32.6 Å². The number of hydrogen-bond acceptors (Lipinski definition) is 3. The Morgan fingerprint density at radius 3 is 3.00 bits per heavy atom. The fraction of sp³-hybridized carbons (Fsp3) is 0.300. The largest absolute Gasteiger partial charge is 0.501 e. The zero-order valence-corrected chi connectivity index (χ0v) is 9.86. The third-order valence-corrected chi connectivity index (χ3v) is 3.71. The molecule has 0 unspecified atom stereocenters. The van der Waals surface area contributed by atoms with Gasteiger partial charge in [-0.2, -0.15) is 0 Å². The fourth-order valence-electron chi connectivity index (χ4n) is 1.32. The number of ether oxygens (including phenoxy) is 1. The van der Waals surface area contributed by atoms with Crippen molar-refractivity contribution < 1.29 is 9.53 Å². The van der Waals surface area contributed by atoms with E-state index in [0.29, 0.717) is 0 Å². The maximum absolute atomic E-state index is 11.9. The van der Waals surface area contributed by atoms with E-state index in [1.165, 1.54) is 11.3 Å². The molecule has 0 saturated carbocycles. The normalized spacial score (nSPS) is 15.9. The fourth-order valence-corrected chi connectivity index (χ4v) is 2.72. The molecule has 1 aromatic rings. The highest BCUT2D eigenvalue weighted by atomic mass is 79.9. The van der Waals surface area contributed by atoms with Crippen molar-refractivity contribution in [3.8, 4) is 0 Å². The summed E-state index contributed by atoms with van der Waals surface area (Å²) in [4.78, 5) is 12.6. The van der Waals surface area contributed by atoms with Crippen LogP contribution in [0.25, 0.3) is 0 Å². The van der Waals surface area contributed by atoms with E-state index in [1.807, 2.05) is 11.4 Å². The first-order chi connectivity index (χ1) is 6.77. The molecule has 1 aliphatic heterocycles. The van der Waals surface area contributed by atoms with E-state index in [1.54, 1.807) is 6.26 Å². The van der Waals surface area contributed by atoms with Gasteiger partial charge in [-0.1, -0.05) is 0 Å². The van der Waals surface area contributed by atoms with Gasteiger partial charge in [0.15, 0.2) is 0 Å². The van der Waals surface area contributed by atoms with Crippen molar-refractivity contribution in [2.45, 2.75) is 12.8 Å². The Kier molecular flexibility index (Phi) is 3.03. The molecule has 0 saturated heterocycles. The minimum atomic E-state index is 0.0976. The average molecular weight is 273 g/mol. The summed E-state index contributed by atoms with van der Waals surface area (Å²) in [6, 6.07) is 1.85. The second kappa shape index (κ2) is 4.28. The van der Waals surface area contributed by atoms with Crippen LogP contribution in [0.15, 0.2) is 27.8 Å². The number of carbonyl (C=O) groups is 1. The number of Topliss-reactive ketones (excluding diaryl/α,β-unsaturated/α-hetero) is 1. The predicted octanol–water partition coefficient (Wildman–Crippen LogP) is 3.39. The van der Waals surface area contributed by atoms with Gasteiger partial charge in [-0.05, 0) is 34.8 Å². The van der Waals surface area contributed by atoms with Crippen LogP contribution >= 0.6 is 27.3 Å². The molecule has 0 atom stereocenters. The summed E-state index contributed by atoms with van der Waals surface area (Å²) in [5.74, 6) is 0.0976. The number of rotatable bonds is 2. The van der Waals surface area contributed by atoms with Crippen LogP contribution in [0.1, 0.15) is 22.5 Å². The van der Waals surface area contributed by atoms with Crippen LogP contribution < -0.4 is 0 Å². The molecule has 2 rings (SSSR count). The van der Waals surface area contributed by atoms with Crippen LogP contribution in [-0.4, -0.2) is 12.4 Å². The topological polar surface area (TPSA) is 26.3 Å². The Bertz CT molecular complexity index is 381. The van der Waals surface area contributed by atoms with Crippen LogP contribution in [-0.2, 0) is 4.74 Å². The number of hydrogen-bond donors (Lipinski definition) is 0. The van der Waals surface area contributed by atoms with Gasteiger partial charge in [-0.3, -0.25) is 4.79 Å². The van der Waals surface area contributed by atoms with E-state index in [9.17, 15) is 4.79 Å². The van der Waals surface area contributed by atoms with Gasteiger partial charge in [-0.15, -0.1) is 11.3 Å². The molecule has 14 heavy (non-hydrogen) atoms. The average Bonchev–Trinajstić information content (AvgIpc) is 2.65. The van der Waals surface area contributed by atoms with E-state index >= 15 is 0 Å². The van der Waals surface area contributed by atoms with Crippen molar-refractivity contribution in [1.82, 2.24) is 0 Å². The zero-order chi connectivity index (χ0) is 9.97. The minimum Gasteiger partial charge on any atom is -0.501 e. The summed E-state index contributed by atoms with van der Waals surface area (Å²) in [6.07, 6.45) is 3.36. The molecule has 74 valence electrons. The van der Waals surface area contributed by atoms with E-state index < -0.39 is 0 Å². The second-order valence-electron chi connectivity index (χ2n) is 3.08. The lowest BCUT2D eigenvalue weighted by atomic mass is 10.1. The number of allylic oxidation sites excluding steroid dienone is 1. The molecule has 0 radical (unpaired) electrons. The lowest BCUT2D eigenvalue weighted by Crippen LogP contribution is -2.07. The molecule has 0 aromatic carbocycles. The van der Waals surface area contributed by atoms with Gasteiger partial charge < -0.3 is 4.74 Å². The summed E-state index contributed by atoms with van der Waals surface area (Å²) in [7, 11) is 0. The van der Waals surface area contributed by atoms with Crippen LogP contribution in [0.5, 0.6) is 0 Å². The highest BCUT2D eigenvalue weighted by molar-refractivity contribution is 9.10. The molecule has 0 aliphatic carbocycles. The van der Waals surface area contributed by atoms with Crippen molar-refractivity contribution in [2.75, 3.05) is 6.61 Å². The van der Waals surface area contributed by atoms with E-state index in [0.717, 1.165) is 34.4 Å². The highest BCUT2D eigenvalue weighted by Crippen LogP contribution is 2.24. The van der Waals surface area contributed by atoms with Crippen LogP contribution in [0.3, 0.4) is 0 Å². The van der Waals surface area contributed by atoms with E-state index in [4.69, 9.17) is 4.74 Å². The maximum Gasteiger partial charge on any atom is 0.202 e. The van der Waals surface area contributed by atoms with Gasteiger partial charge >= 0.3 is 0 Å². The Morgan fingerprint density at radius 2 is 2.43 bits per heavy atom. The molecule has 2 nitrogen and oxygen atoms in total. The standard InChI is InChI=1S/C10H9BrO2S/c11-8-4-9(14-6-8)10(12)7-2-1-3-13-5-7/h4-6H,1-3H2. The molecule has 1 aromatic heterocycles. The first-order valence-electron chi connectivity index (χ1n) is 4.37. The molecule has 1 aliphatic rings. The third-order valence-electron chi connectivity index (χ3n) is 2.02. The Labute approximate surface area is 94.7 Å². The summed E-state index contributed by atoms with van der Waals surface area (Å²) < 4.78 is 6.10. The molecular formula is C10H9BrO2S. The van der Waals surface area contributed by atoms with Crippen LogP contribution in [0.4, 0.5) is 0 Å². The number of thiophene rings is 1. The quantitative estimate of drug-likeness (QED) is 0.772. The Balaban J connectivity index is 2.19. The predicted molar refractivity (Wildman–Crippen MR) is 59.6 cm³/mol. The van der Waals surface area contributed by atoms with Gasteiger partial charge in [0.1, 0.15) is 0 Å². The van der Waals surface area contributed by atoms with Crippen LogP contribution in [0.2, 0.25) is 0 Å². The molecule has 2 heterocycles. The monoisotopic (exact) mass is 272 g/mol. The summed E-state index contributed by atoms with van der Waals surface area (Å²) >= 11 is 4.79. The Hall–Kier alpha value is -0.610. The summed E-state index contributed by atoms with van der Waals surface area (Å²) in [6.45, 7) is 0.727. The van der Waals surface area contributed by atoms with Gasteiger partial charge in [0.25, 0.3) is 0 Å². The molecule has 0 fully saturated rings. The molecule has 0 bridgehead atoms. The summed E-state index contributed by atoms with van der Waals surface area (Å²) in [5.41, 5.74) is 0.783. The smallest absolute Gasteiger partial charge is 0.202 e. The van der Waals surface area contributed by atoms with E-state index in [2.05, 4.69) is 15.9 Å². The van der Waals surface area contributed by atoms with Gasteiger partial charge in [-0.25, -0.2) is 0 Å². The summed E-state index contributed by atoms with van der Waals surface area (Å²) in [5, 5.41) is 1.91. The maximum atomic E-state index is 11.9. The number of carbonyl (C=O) groups excluding carboxylic acids is 1. The molecule has 0 amide bonds. The molecule has 0 N–H and O–H groups in total. The molecule has 0 spiro atoms.